The van der Waals surface area contributed by atoms with Crippen LogP contribution in [0.1, 0.15) is 0 Å². The van der Waals surface area contributed by atoms with E-state index in [1.807, 2.05) is 0 Å². The summed E-state index contributed by atoms with van der Waals surface area (Å²) in [5, 5.41) is -0.0204. The van der Waals surface area contributed by atoms with Crippen LogP contribution in [-0.4, -0.2) is 39.4 Å². The molecule has 0 N–H and O–H groups in total. The topological polar surface area (TPSA) is 63.7 Å². The Morgan fingerprint density at radius 1 is 1.26 bits per heavy atom. The van der Waals surface area contributed by atoms with Gasteiger partial charge in [-0.1, -0.05) is 34.8 Å². The van der Waals surface area contributed by atoms with Crippen molar-refractivity contribution in [2.45, 2.75) is 4.90 Å². The Balaban J connectivity index is 3.24. The third-order valence-corrected chi connectivity index (χ3v) is 5.15. The van der Waals surface area contributed by atoms with Crippen LogP contribution in [0.3, 0.4) is 0 Å². The van der Waals surface area contributed by atoms with Crippen molar-refractivity contribution >= 4 is 50.8 Å². The number of methoxy groups -OCH3 is 1. The van der Waals surface area contributed by atoms with Gasteiger partial charge in [0.05, 0.1) is 17.2 Å². The second kappa shape index (κ2) is 6.28. The second-order valence-electron chi connectivity index (χ2n) is 3.54. The predicted octanol–water partition coefficient (Wildman–Crippen LogP) is 2.44. The summed E-state index contributed by atoms with van der Waals surface area (Å²) in [6, 6.07) is 2.52. The van der Waals surface area contributed by atoms with Gasteiger partial charge in [0, 0.05) is 12.1 Å². The van der Waals surface area contributed by atoms with E-state index in [0.717, 1.165) is 11.4 Å². The first-order valence-corrected chi connectivity index (χ1v) is 7.45. The fraction of sp³-hybridized carbons (Fsp3) is 0.300. The Hall–Kier alpha value is -0.530. The quantitative estimate of drug-likeness (QED) is 0.786. The van der Waals surface area contributed by atoms with Crippen LogP contribution in [0, 0.1) is 0 Å². The van der Waals surface area contributed by atoms with Gasteiger partial charge in [0.1, 0.15) is 11.4 Å². The van der Waals surface area contributed by atoms with Crippen molar-refractivity contribution in [1.82, 2.24) is 4.31 Å². The van der Waals surface area contributed by atoms with Crippen LogP contribution in [0.5, 0.6) is 0 Å². The highest BCUT2D eigenvalue weighted by Crippen LogP contribution is 2.34. The molecule has 9 heteroatoms. The van der Waals surface area contributed by atoms with Gasteiger partial charge in [-0.2, -0.15) is 4.31 Å². The third-order valence-electron chi connectivity index (χ3n) is 2.21. The minimum absolute atomic E-state index is 0.116. The first-order chi connectivity index (χ1) is 8.70. The number of ether oxygens (including phenoxy) is 1. The van der Waals surface area contributed by atoms with Crippen molar-refractivity contribution in [3.63, 3.8) is 0 Å². The SMILES string of the molecule is COC(=O)CN(C)S(=O)(=O)c1c(Cl)cc(Cl)cc1Cl. The van der Waals surface area contributed by atoms with Gasteiger partial charge >= 0.3 is 5.97 Å². The Kier molecular flexibility index (Phi) is 5.46. The molecule has 1 aromatic carbocycles. The lowest BCUT2D eigenvalue weighted by molar-refractivity contribution is -0.140. The molecule has 0 amide bonds. The number of carbonyl (C=O) groups is 1. The van der Waals surface area contributed by atoms with E-state index in [4.69, 9.17) is 34.8 Å². The summed E-state index contributed by atoms with van der Waals surface area (Å²) >= 11 is 17.4. The number of nitrogens with zero attached hydrogens (tertiary/aromatic N) is 1. The zero-order valence-electron chi connectivity index (χ0n) is 9.98. The summed E-state index contributed by atoms with van der Waals surface area (Å²) in [5.74, 6) is -0.702. The Bertz CT molecular complexity index is 580. The summed E-state index contributed by atoms with van der Waals surface area (Å²) in [5.41, 5.74) is 0. The number of halogens is 3. The van der Waals surface area contributed by atoms with E-state index in [0.29, 0.717) is 0 Å². The molecule has 0 saturated carbocycles. The zero-order chi connectivity index (χ0) is 14.8. The standard InChI is InChI=1S/C10H10Cl3NO4S/c1-14(5-9(15)18-2)19(16,17)10-7(12)3-6(11)4-8(10)13/h3-4H,5H2,1-2H3. The highest BCUT2D eigenvalue weighted by molar-refractivity contribution is 7.89. The minimum Gasteiger partial charge on any atom is -0.468 e. The molecule has 0 saturated heterocycles. The molecule has 5 nitrogen and oxygen atoms in total. The molecule has 0 bridgehead atoms. The summed E-state index contributed by atoms with van der Waals surface area (Å²) in [4.78, 5) is 10.8. The average Bonchev–Trinajstić information content (AvgIpc) is 2.26. The van der Waals surface area contributed by atoms with E-state index >= 15 is 0 Å². The van der Waals surface area contributed by atoms with Gasteiger partial charge in [-0.15, -0.1) is 0 Å². The summed E-state index contributed by atoms with van der Waals surface area (Å²) in [7, 11) is -1.64. The van der Waals surface area contributed by atoms with Crippen molar-refractivity contribution < 1.29 is 17.9 Å². The van der Waals surface area contributed by atoms with Crippen LogP contribution in [-0.2, 0) is 19.6 Å². The minimum atomic E-state index is -4.01. The van der Waals surface area contributed by atoms with E-state index in [2.05, 4.69) is 4.74 Å². The van der Waals surface area contributed by atoms with Gasteiger partial charge in [0.25, 0.3) is 0 Å². The number of hydrogen-bond acceptors (Lipinski definition) is 4. The first kappa shape index (κ1) is 16.5. The van der Waals surface area contributed by atoms with Gasteiger partial charge in [0.2, 0.25) is 10.0 Å². The summed E-state index contributed by atoms with van der Waals surface area (Å²) in [6.07, 6.45) is 0. The summed E-state index contributed by atoms with van der Waals surface area (Å²) < 4.78 is 29.7. The molecule has 19 heavy (non-hydrogen) atoms. The zero-order valence-corrected chi connectivity index (χ0v) is 13.1. The number of rotatable bonds is 4. The number of esters is 1. The predicted molar refractivity (Wildman–Crippen MR) is 73.3 cm³/mol. The van der Waals surface area contributed by atoms with E-state index in [-0.39, 0.29) is 20.0 Å². The normalized spacial score (nSPS) is 11.7. The van der Waals surface area contributed by atoms with E-state index in [1.165, 1.54) is 19.2 Å². The molecule has 0 atom stereocenters. The number of benzene rings is 1. The molecule has 0 radical (unpaired) electrons. The molecule has 106 valence electrons. The number of sulfonamides is 1. The van der Waals surface area contributed by atoms with Crippen LogP contribution in [0.2, 0.25) is 15.1 Å². The van der Waals surface area contributed by atoms with Crippen LogP contribution < -0.4 is 0 Å². The van der Waals surface area contributed by atoms with Gasteiger partial charge in [-0.25, -0.2) is 8.42 Å². The fourth-order valence-corrected chi connectivity index (χ4v) is 3.86. The number of likely N-dealkylation sites (N-methyl/N-ethyl adjacent to an activating group) is 1. The molecule has 0 spiro atoms. The van der Waals surface area contributed by atoms with Crippen LogP contribution in [0.15, 0.2) is 17.0 Å². The Morgan fingerprint density at radius 3 is 2.16 bits per heavy atom. The lowest BCUT2D eigenvalue weighted by atomic mass is 10.4. The molecule has 1 rings (SSSR count). The van der Waals surface area contributed by atoms with Crippen LogP contribution in [0.4, 0.5) is 0 Å². The smallest absolute Gasteiger partial charge is 0.321 e. The molecule has 0 aliphatic carbocycles. The molecule has 0 aliphatic rings. The molecule has 0 fully saturated rings. The van der Waals surface area contributed by atoms with Crippen molar-refractivity contribution in [3.8, 4) is 0 Å². The maximum Gasteiger partial charge on any atom is 0.321 e. The molecule has 0 heterocycles. The van der Waals surface area contributed by atoms with Crippen molar-refractivity contribution in [2.75, 3.05) is 20.7 Å². The van der Waals surface area contributed by atoms with E-state index in [1.54, 1.807) is 0 Å². The molecule has 1 aromatic rings. The maximum absolute atomic E-state index is 12.2. The molecular weight excluding hydrogens is 337 g/mol. The van der Waals surface area contributed by atoms with Crippen LogP contribution >= 0.6 is 34.8 Å². The molecule has 0 aliphatic heterocycles. The monoisotopic (exact) mass is 345 g/mol. The molecule has 0 aromatic heterocycles. The number of carbonyl (C=O) groups excluding carboxylic acids is 1. The Labute approximate surface area is 126 Å². The molecule has 0 unspecified atom stereocenters. The summed E-state index contributed by atoms with van der Waals surface area (Å²) in [6.45, 7) is -0.450. The van der Waals surface area contributed by atoms with Gasteiger partial charge < -0.3 is 4.74 Å². The van der Waals surface area contributed by atoms with Gasteiger partial charge in [-0.3, -0.25) is 4.79 Å². The van der Waals surface area contributed by atoms with E-state index < -0.39 is 22.5 Å². The number of hydrogen-bond donors (Lipinski definition) is 0. The lowest BCUT2D eigenvalue weighted by Gasteiger charge is -2.17. The molecular formula is C10H10Cl3NO4S. The van der Waals surface area contributed by atoms with Crippen molar-refractivity contribution in [1.29, 1.82) is 0 Å². The maximum atomic E-state index is 12.2. The van der Waals surface area contributed by atoms with Gasteiger partial charge in [-0.05, 0) is 12.1 Å². The first-order valence-electron chi connectivity index (χ1n) is 4.88. The van der Waals surface area contributed by atoms with Gasteiger partial charge in [0.15, 0.2) is 0 Å². The van der Waals surface area contributed by atoms with Crippen molar-refractivity contribution in [3.05, 3.63) is 27.2 Å². The van der Waals surface area contributed by atoms with Crippen LogP contribution in [0.25, 0.3) is 0 Å². The highest BCUT2D eigenvalue weighted by atomic mass is 35.5. The highest BCUT2D eigenvalue weighted by Gasteiger charge is 2.28. The fourth-order valence-electron chi connectivity index (χ4n) is 1.26. The largest absolute Gasteiger partial charge is 0.468 e. The Morgan fingerprint density at radius 2 is 1.74 bits per heavy atom. The van der Waals surface area contributed by atoms with E-state index in [9.17, 15) is 13.2 Å². The third kappa shape index (κ3) is 3.73. The van der Waals surface area contributed by atoms with Crippen molar-refractivity contribution in [2.24, 2.45) is 0 Å². The second-order valence-corrected chi connectivity index (χ2v) is 6.77. The lowest BCUT2D eigenvalue weighted by Crippen LogP contribution is -2.33. The average molecular weight is 347 g/mol.